The molecule has 0 unspecified atom stereocenters. The van der Waals surface area contributed by atoms with E-state index in [1.165, 1.54) is 0 Å². The summed E-state index contributed by atoms with van der Waals surface area (Å²) in [5.41, 5.74) is 8.54. The molecule has 17 heavy (non-hydrogen) atoms. The van der Waals surface area contributed by atoms with Crippen LogP contribution in [0.1, 0.15) is 5.56 Å². The molecule has 0 aliphatic carbocycles. The van der Waals surface area contributed by atoms with Crippen molar-refractivity contribution < 1.29 is 14.9 Å². The Balaban J connectivity index is 2.39. The molecule has 88 valence electrons. The first-order chi connectivity index (χ1) is 8.11. The van der Waals surface area contributed by atoms with Crippen molar-refractivity contribution in [1.82, 2.24) is 4.57 Å². The van der Waals surface area contributed by atoms with Gasteiger partial charge in [0.25, 0.3) is 0 Å². The van der Waals surface area contributed by atoms with Gasteiger partial charge in [-0.15, -0.1) is 0 Å². The van der Waals surface area contributed by atoms with E-state index in [-0.39, 0.29) is 5.84 Å². The maximum absolute atomic E-state index is 8.70. The number of nitrogens with one attached hydrogen (secondary N) is 1. The van der Waals surface area contributed by atoms with Crippen molar-refractivity contribution >= 4 is 5.84 Å². The van der Waals surface area contributed by atoms with Gasteiger partial charge < -0.3 is 5.21 Å². The molecule has 4 N–H and O–H groups in total. The average Bonchev–Trinajstić information content (AvgIpc) is 2.68. The standard InChI is InChI=1S/C12H14N4O/c1-15-7-11(16(2)8-15)9-3-5-10(6-4-9)12(13)14-17/h3-8H,1-2H3,(H2-,13,14,17)/p+2. The molecular weight excluding hydrogens is 216 g/mol. The van der Waals surface area contributed by atoms with Crippen LogP contribution in [0.15, 0.2) is 36.8 Å². The first-order valence-corrected chi connectivity index (χ1v) is 5.26. The quantitative estimate of drug-likeness (QED) is 0.198. The van der Waals surface area contributed by atoms with E-state index in [1.54, 1.807) is 0 Å². The number of nitrogen functional groups attached to an aromatic ring is 1. The van der Waals surface area contributed by atoms with E-state index < -0.39 is 0 Å². The van der Waals surface area contributed by atoms with Crippen LogP contribution in [-0.2, 0) is 14.1 Å². The largest absolute Gasteiger partial charge is 0.357 e. The predicted molar refractivity (Wildman–Crippen MR) is 63.1 cm³/mol. The Hall–Kier alpha value is -2.30. The molecule has 2 aromatic rings. The average molecular weight is 232 g/mol. The van der Waals surface area contributed by atoms with E-state index in [2.05, 4.69) is 0 Å². The number of aromatic nitrogens is 2. The topological polar surface area (TPSA) is 69.0 Å². The highest BCUT2D eigenvalue weighted by Gasteiger charge is 2.11. The minimum Gasteiger partial charge on any atom is -0.357 e. The molecular formula is C12H16N4O+2. The number of amidine groups is 1. The Labute approximate surface area is 99.4 Å². The summed E-state index contributed by atoms with van der Waals surface area (Å²) in [6.07, 6.45) is 4.05. The third-order valence-corrected chi connectivity index (χ3v) is 2.67. The van der Waals surface area contributed by atoms with E-state index >= 15 is 0 Å². The van der Waals surface area contributed by atoms with Gasteiger partial charge in [-0.1, -0.05) is 5.16 Å². The molecule has 5 nitrogen and oxygen atoms in total. The number of benzene rings is 1. The van der Waals surface area contributed by atoms with Gasteiger partial charge in [0.05, 0.1) is 19.7 Å². The second-order valence-electron chi connectivity index (χ2n) is 4.01. The number of aryl methyl sites for hydroxylation is 2. The lowest BCUT2D eigenvalue weighted by molar-refractivity contribution is -0.737. The first-order valence-electron chi connectivity index (χ1n) is 5.26. The SMILES string of the molecule is Cn1c[n+](C)cc1-c1ccc(C(N)=[NH+]O)cc1. The molecule has 0 radical (unpaired) electrons. The second kappa shape index (κ2) is 4.29. The van der Waals surface area contributed by atoms with Crippen LogP contribution in [0.5, 0.6) is 0 Å². The predicted octanol–water partition coefficient (Wildman–Crippen LogP) is -1.31. The van der Waals surface area contributed by atoms with Gasteiger partial charge in [-0.25, -0.2) is 9.13 Å². The minimum atomic E-state index is 0.244. The maximum Gasteiger partial charge on any atom is 0.311 e. The second-order valence-corrected chi connectivity index (χ2v) is 4.01. The van der Waals surface area contributed by atoms with Gasteiger partial charge in [0.2, 0.25) is 6.33 Å². The van der Waals surface area contributed by atoms with E-state index in [9.17, 15) is 0 Å². The van der Waals surface area contributed by atoms with Gasteiger partial charge in [-0.05, 0) is 24.3 Å². The Morgan fingerprint density at radius 1 is 1.35 bits per heavy atom. The van der Waals surface area contributed by atoms with Gasteiger partial charge >= 0.3 is 5.84 Å². The summed E-state index contributed by atoms with van der Waals surface area (Å²) >= 11 is 0. The van der Waals surface area contributed by atoms with Gasteiger partial charge in [0, 0.05) is 5.56 Å². The van der Waals surface area contributed by atoms with E-state index in [1.807, 2.05) is 65.2 Å². The van der Waals surface area contributed by atoms with Crippen molar-refractivity contribution in [3.8, 4) is 11.3 Å². The van der Waals surface area contributed by atoms with Crippen LogP contribution in [0.25, 0.3) is 11.3 Å². The molecule has 0 spiro atoms. The van der Waals surface area contributed by atoms with Gasteiger partial charge in [-0.2, -0.15) is 0 Å². The zero-order chi connectivity index (χ0) is 12.4. The third-order valence-electron chi connectivity index (χ3n) is 2.67. The monoisotopic (exact) mass is 232 g/mol. The lowest BCUT2D eigenvalue weighted by Crippen LogP contribution is -2.71. The number of nitrogens with two attached hydrogens (primary N) is 1. The fraction of sp³-hybridized carbons (Fsp3) is 0.167. The molecule has 0 saturated heterocycles. The molecule has 0 bridgehead atoms. The van der Waals surface area contributed by atoms with Gasteiger partial charge in [-0.3, -0.25) is 5.73 Å². The van der Waals surface area contributed by atoms with Crippen LogP contribution in [0, 0.1) is 0 Å². The van der Waals surface area contributed by atoms with Crippen molar-refractivity contribution in [2.24, 2.45) is 19.8 Å². The normalized spacial score (nSPS) is 11.8. The molecule has 1 aromatic heterocycles. The maximum atomic E-state index is 8.70. The van der Waals surface area contributed by atoms with Crippen molar-refractivity contribution in [3.63, 3.8) is 0 Å². The summed E-state index contributed by atoms with van der Waals surface area (Å²) < 4.78 is 4.05. The number of nitrogens with zero attached hydrogens (tertiary/aromatic N) is 2. The van der Waals surface area contributed by atoms with Crippen LogP contribution in [0.3, 0.4) is 0 Å². The van der Waals surface area contributed by atoms with Crippen molar-refractivity contribution in [1.29, 1.82) is 0 Å². The van der Waals surface area contributed by atoms with Gasteiger partial charge in [0.15, 0.2) is 5.69 Å². The Bertz CT molecular complexity index is 554. The van der Waals surface area contributed by atoms with E-state index in [4.69, 9.17) is 10.9 Å². The molecule has 2 rings (SSSR count). The fourth-order valence-electron chi connectivity index (χ4n) is 1.82. The molecule has 5 heteroatoms. The zero-order valence-electron chi connectivity index (χ0n) is 9.88. The van der Waals surface area contributed by atoms with Gasteiger partial charge in [0.1, 0.15) is 6.20 Å². The summed E-state index contributed by atoms with van der Waals surface area (Å²) in [6, 6.07) is 7.66. The number of imidazole rings is 1. The minimum absolute atomic E-state index is 0.244. The third kappa shape index (κ3) is 2.13. The Morgan fingerprint density at radius 3 is 2.47 bits per heavy atom. The zero-order valence-corrected chi connectivity index (χ0v) is 9.88. The van der Waals surface area contributed by atoms with Crippen LogP contribution in [-0.4, -0.2) is 15.6 Å². The smallest absolute Gasteiger partial charge is 0.311 e. The van der Waals surface area contributed by atoms with E-state index in [0.29, 0.717) is 0 Å². The highest BCUT2D eigenvalue weighted by Crippen LogP contribution is 2.17. The van der Waals surface area contributed by atoms with Crippen LogP contribution in [0.4, 0.5) is 0 Å². The molecule has 0 aliphatic heterocycles. The molecule has 0 aliphatic rings. The number of hydrogen-bond donors (Lipinski definition) is 3. The van der Waals surface area contributed by atoms with Crippen LogP contribution < -0.4 is 15.5 Å². The summed E-state index contributed by atoms with van der Waals surface area (Å²) in [7, 11) is 3.98. The van der Waals surface area contributed by atoms with E-state index in [0.717, 1.165) is 16.8 Å². The number of rotatable bonds is 2. The van der Waals surface area contributed by atoms with Crippen molar-refractivity contribution in [2.45, 2.75) is 0 Å². The molecule has 1 aromatic carbocycles. The summed E-state index contributed by atoms with van der Waals surface area (Å²) in [6.45, 7) is 0. The lowest BCUT2D eigenvalue weighted by atomic mass is 10.1. The van der Waals surface area contributed by atoms with Crippen LogP contribution in [0.2, 0.25) is 0 Å². The molecule has 0 saturated carbocycles. The summed E-state index contributed by atoms with van der Waals surface area (Å²) in [5, 5.41) is 10.6. The molecule has 0 fully saturated rings. The van der Waals surface area contributed by atoms with Crippen LogP contribution >= 0.6 is 0 Å². The highest BCUT2D eigenvalue weighted by molar-refractivity contribution is 5.93. The fourth-order valence-corrected chi connectivity index (χ4v) is 1.82. The Kier molecular flexibility index (Phi) is 2.82. The highest BCUT2D eigenvalue weighted by atomic mass is 16.4. The summed E-state index contributed by atoms with van der Waals surface area (Å²) in [4.78, 5) is 0. The molecule has 1 heterocycles. The first kappa shape index (κ1) is 11.2. The number of hydrogen-bond acceptors (Lipinski definition) is 1. The lowest BCUT2D eigenvalue weighted by Gasteiger charge is -1.98. The van der Waals surface area contributed by atoms with Crippen molar-refractivity contribution in [2.75, 3.05) is 0 Å². The molecule has 0 amide bonds. The van der Waals surface area contributed by atoms with Crippen molar-refractivity contribution in [3.05, 3.63) is 42.4 Å². The summed E-state index contributed by atoms with van der Waals surface area (Å²) in [5.74, 6) is 0.244. The molecule has 0 atom stereocenters. The Morgan fingerprint density at radius 2 is 2.00 bits per heavy atom.